The topological polar surface area (TPSA) is 136 Å². The van der Waals surface area contributed by atoms with E-state index in [2.05, 4.69) is 6.92 Å². The van der Waals surface area contributed by atoms with Crippen LogP contribution in [-0.4, -0.2) is 28.4 Å². The molecule has 1 aliphatic rings. The van der Waals surface area contributed by atoms with Crippen LogP contribution in [0.3, 0.4) is 0 Å². The molecule has 3 aromatic rings. The zero-order valence-electron chi connectivity index (χ0n) is 19.1. The van der Waals surface area contributed by atoms with E-state index < -0.39 is 11.6 Å². The molecule has 176 valence electrons. The highest BCUT2D eigenvalue weighted by Crippen LogP contribution is 2.45. The second-order valence-electron chi connectivity index (χ2n) is 8.48. The Labute approximate surface area is 198 Å². The molecule has 6 N–H and O–H groups in total. The molecule has 0 aromatic heterocycles. The number of carbonyl (C=O) groups is 2. The fourth-order valence-electron chi connectivity index (χ4n) is 4.34. The third-order valence-electron chi connectivity index (χ3n) is 6.14. The van der Waals surface area contributed by atoms with Gasteiger partial charge < -0.3 is 26.4 Å². The lowest BCUT2D eigenvalue weighted by atomic mass is 9.80. The first-order valence-corrected chi connectivity index (χ1v) is 11.4. The van der Waals surface area contributed by atoms with E-state index >= 15 is 0 Å². The maximum atomic E-state index is 13.3. The SMILES string of the molecule is CCCCCCCOc1ccc(-c2cc(N)c3c(c2O)C(=O)c2c(N)ccc(O)c2C3=O)cc1. The molecule has 7 nitrogen and oxygen atoms in total. The number of nitrogen functional groups attached to an aromatic ring is 2. The van der Waals surface area contributed by atoms with Gasteiger partial charge in [-0.25, -0.2) is 0 Å². The van der Waals surface area contributed by atoms with Gasteiger partial charge in [-0.15, -0.1) is 0 Å². The number of phenolic OH excluding ortho intramolecular Hbond substituents is 2. The van der Waals surface area contributed by atoms with Gasteiger partial charge in [-0.05, 0) is 42.3 Å². The van der Waals surface area contributed by atoms with Crippen molar-refractivity contribution >= 4 is 22.9 Å². The lowest BCUT2D eigenvalue weighted by Gasteiger charge is -2.23. The molecular formula is C27H28N2O5. The van der Waals surface area contributed by atoms with Gasteiger partial charge in [0.1, 0.15) is 17.2 Å². The van der Waals surface area contributed by atoms with E-state index in [1.807, 2.05) is 0 Å². The number of nitrogens with two attached hydrogens (primary N) is 2. The molecule has 0 spiro atoms. The highest BCUT2D eigenvalue weighted by Gasteiger charge is 2.38. The summed E-state index contributed by atoms with van der Waals surface area (Å²) in [5.41, 5.74) is 12.4. The molecular weight excluding hydrogens is 432 g/mol. The molecule has 0 amide bonds. The molecule has 0 saturated heterocycles. The normalized spacial score (nSPS) is 12.4. The summed E-state index contributed by atoms with van der Waals surface area (Å²) in [5.74, 6) is -1.34. The van der Waals surface area contributed by atoms with Crippen molar-refractivity contribution in [3.8, 4) is 28.4 Å². The standard InChI is InChI=1S/C27H28N2O5/c1-2-3-4-5-6-13-34-16-9-7-15(8-10-16)17-14-19(29)22-24(25(17)31)27(33)21-18(28)11-12-20(30)23(21)26(22)32/h7-12,14,30-31H,2-6,13,28-29H2,1H3. The lowest BCUT2D eigenvalue weighted by Crippen LogP contribution is -2.24. The maximum Gasteiger partial charge on any atom is 0.200 e. The van der Waals surface area contributed by atoms with Crippen molar-refractivity contribution in [1.29, 1.82) is 0 Å². The predicted molar refractivity (Wildman–Crippen MR) is 132 cm³/mol. The number of unbranched alkanes of at least 4 members (excludes halogenated alkanes) is 4. The second-order valence-corrected chi connectivity index (χ2v) is 8.48. The van der Waals surface area contributed by atoms with Crippen molar-refractivity contribution in [2.45, 2.75) is 39.0 Å². The minimum Gasteiger partial charge on any atom is -0.507 e. The van der Waals surface area contributed by atoms with Crippen LogP contribution in [0.4, 0.5) is 11.4 Å². The first-order chi connectivity index (χ1) is 16.3. The number of carbonyl (C=O) groups excluding carboxylic acids is 2. The van der Waals surface area contributed by atoms with E-state index in [1.54, 1.807) is 24.3 Å². The van der Waals surface area contributed by atoms with Crippen molar-refractivity contribution in [3.05, 3.63) is 64.7 Å². The van der Waals surface area contributed by atoms with Crippen molar-refractivity contribution < 1.29 is 24.5 Å². The lowest BCUT2D eigenvalue weighted by molar-refractivity contribution is 0.0975. The van der Waals surface area contributed by atoms with Crippen LogP contribution in [0, 0.1) is 0 Å². The summed E-state index contributed by atoms with van der Waals surface area (Å²) in [5, 5.41) is 21.2. The quantitative estimate of drug-likeness (QED) is 0.164. The number of phenols is 2. The number of ketones is 2. The van der Waals surface area contributed by atoms with E-state index in [0.717, 1.165) is 12.8 Å². The monoisotopic (exact) mass is 460 g/mol. The highest BCUT2D eigenvalue weighted by molar-refractivity contribution is 6.33. The third kappa shape index (κ3) is 4.05. The minimum absolute atomic E-state index is 0.0287. The van der Waals surface area contributed by atoms with E-state index in [0.29, 0.717) is 23.5 Å². The number of fused-ring (bicyclic) bond motifs is 2. The van der Waals surface area contributed by atoms with Gasteiger partial charge in [0.2, 0.25) is 11.6 Å². The molecule has 0 saturated carbocycles. The Morgan fingerprint density at radius 3 is 2.12 bits per heavy atom. The largest absolute Gasteiger partial charge is 0.507 e. The fourth-order valence-corrected chi connectivity index (χ4v) is 4.34. The van der Waals surface area contributed by atoms with E-state index in [-0.39, 0.29) is 45.1 Å². The van der Waals surface area contributed by atoms with Gasteiger partial charge in [-0.3, -0.25) is 9.59 Å². The Kier molecular flexibility index (Phi) is 6.45. The first kappa shape index (κ1) is 23.2. The number of rotatable bonds is 8. The van der Waals surface area contributed by atoms with Gasteiger partial charge in [0.05, 0.1) is 28.9 Å². The summed E-state index contributed by atoms with van der Waals surface area (Å²) >= 11 is 0. The number of ether oxygens (including phenoxy) is 1. The summed E-state index contributed by atoms with van der Waals surface area (Å²) in [4.78, 5) is 26.4. The summed E-state index contributed by atoms with van der Waals surface area (Å²) in [6.45, 7) is 2.81. The Morgan fingerprint density at radius 2 is 1.41 bits per heavy atom. The number of hydrogen-bond donors (Lipinski definition) is 4. The molecule has 34 heavy (non-hydrogen) atoms. The summed E-state index contributed by atoms with van der Waals surface area (Å²) in [7, 11) is 0. The van der Waals surface area contributed by atoms with E-state index in [9.17, 15) is 19.8 Å². The first-order valence-electron chi connectivity index (χ1n) is 11.4. The number of benzene rings is 3. The Hall–Kier alpha value is -4.00. The Morgan fingerprint density at radius 1 is 0.765 bits per heavy atom. The molecule has 0 heterocycles. The third-order valence-corrected chi connectivity index (χ3v) is 6.14. The van der Waals surface area contributed by atoms with E-state index in [4.69, 9.17) is 16.2 Å². The van der Waals surface area contributed by atoms with Crippen LogP contribution in [-0.2, 0) is 0 Å². The zero-order chi connectivity index (χ0) is 24.4. The molecule has 1 aliphatic carbocycles. The fraction of sp³-hybridized carbons (Fsp3) is 0.259. The molecule has 4 rings (SSSR count). The zero-order valence-corrected chi connectivity index (χ0v) is 19.1. The number of aromatic hydroxyl groups is 2. The highest BCUT2D eigenvalue weighted by atomic mass is 16.5. The predicted octanol–water partition coefficient (Wildman–Crippen LogP) is 5.05. The molecule has 0 bridgehead atoms. The Balaban J connectivity index is 1.64. The summed E-state index contributed by atoms with van der Waals surface area (Å²) < 4.78 is 5.79. The van der Waals surface area contributed by atoms with Gasteiger partial charge in [0.25, 0.3) is 0 Å². The van der Waals surface area contributed by atoms with Gasteiger partial charge in [0, 0.05) is 16.9 Å². The van der Waals surface area contributed by atoms with Crippen molar-refractivity contribution in [2.75, 3.05) is 18.1 Å². The molecule has 0 fully saturated rings. The van der Waals surface area contributed by atoms with Gasteiger partial charge >= 0.3 is 0 Å². The van der Waals surface area contributed by atoms with Crippen molar-refractivity contribution in [1.82, 2.24) is 0 Å². The van der Waals surface area contributed by atoms with E-state index in [1.165, 1.54) is 37.5 Å². The molecule has 0 aliphatic heterocycles. The molecule has 0 radical (unpaired) electrons. The van der Waals surface area contributed by atoms with Crippen molar-refractivity contribution in [3.63, 3.8) is 0 Å². The van der Waals surface area contributed by atoms with Crippen LogP contribution in [0.15, 0.2) is 42.5 Å². The van der Waals surface area contributed by atoms with Crippen molar-refractivity contribution in [2.24, 2.45) is 0 Å². The second kappa shape index (κ2) is 9.47. The average molecular weight is 461 g/mol. The Bertz CT molecular complexity index is 1270. The maximum absolute atomic E-state index is 13.3. The average Bonchev–Trinajstić information content (AvgIpc) is 2.82. The van der Waals surface area contributed by atoms with Gasteiger partial charge in [-0.2, -0.15) is 0 Å². The molecule has 7 heteroatoms. The smallest absolute Gasteiger partial charge is 0.200 e. The molecule has 0 unspecified atom stereocenters. The van der Waals surface area contributed by atoms with Gasteiger partial charge in [0.15, 0.2) is 0 Å². The van der Waals surface area contributed by atoms with Crippen LogP contribution in [0.5, 0.6) is 17.2 Å². The molecule has 3 aromatic carbocycles. The van der Waals surface area contributed by atoms with Crippen LogP contribution in [0.25, 0.3) is 11.1 Å². The van der Waals surface area contributed by atoms with Crippen LogP contribution in [0.1, 0.15) is 70.9 Å². The number of hydrogen-bond acceptors (Lipinski definition) is 7. The van der Waals surface area contributed by atoms with Crippen LogP contribution < -0.4 is 16.2 Å². The molecule has 0 atom stereocenters. The summed E-state index contributed by atoms with van der Waals surface area (Å²) in [6.07, 6.45) is 5.75. The summed E-state index contributed by atoms with van der Waals surface area (Å²) in [6, 6.07) is 11.1. The number of anilines is 2. The van der Waals surface area contributed by atoms with Crippen LogP contribution >= 0.6 is 0 Å². The van der Waals surface area contributed by atoms with Crippen LogP contribution in [0.2, 0.25) is 0 Å². The minimum atomic E-state index is -0.660. The van der Waals surface area contributed by atoms with Gasteiger partial charge in [-0.1, -0.05) is 44.7 Å².